The maximum absolute atomic E-state index is 12.3. The van der Waals surface area contributed by atoms with Crippen molar-refractivity contribution in [3.8, 4) is 5.75 Å². The zero-order valence-electron chi connectivity index (χ0n) is 16.3. The Hall–Kier alpha value is -2.80. The summed E-state index contributed by atoms with van der Waals surface area (Å²) in [6, 6.07) is 15.7. The van der Waals surface area contributed by atoms with Crippen LogP contribution in [0.25, 0.3) is 0 Å². The maximum atomic E-state index is 12.3. The third kappa shape index (κ3) is 4.92. The molecular formula is C21H24N4O2S. The average molecular weight is 397 g/mol. The van der Waals surface area contributed by atoms with E-state index in [2.05, 4.69) is 22.4 Å². The molecule has 0 aliphatic carbocycles. The Morgan fingerprint density at radius 3 is 2.61 bits per heavy atom. The Bertz CT molecular complexity index is 938. The van der Waals surface area contributed by atoms with Crippen LogP contribution in [-0.2, 0) is 24.7 Å². The zero-order valence-corrected chi connectivity index (χ0v) is 17.1. The number of ether oxygens (including phenoxy) is 1. The van der Waals surface area contributed by atoms with Crippen LogP contribution in [-0.4, -0.2) is 33.5 Å². The largest absolute Gasteiger partial charge is 0.497 e. The van der Waals surface area contributed by atoms with Crippen molar-refractivity contribution in [1.82, 2.24) is 14.8 Å². The molecule has 0 bridgehead atoms. The van der Waals surface area contributed by atoms with Gasteiger partial charge in [0, 0.05) is 19.2 Å². The lowest BCUT2D eigenvalue weighted by molar-refractivity contribution is -0.113. The molecular weight excluding hydrogens is 372 g/mol. The number of hydrogen-bond acceptors (Lipinski definition) is 5. The minimum atomic E-state index is -0.0504. The first kappa shape index (κ1) is 19.9. The fourth-order valence-electron chi connectivity index (χ4n) is 2.82. The maximum Gasteiger partial charge on any atom is 0.234 e. The van der Waals surface area contributed by atoms with Crippen LogP contribution < -0.4 is 10.1 Å². The number of nitrogens with zero attached hydrogens (tertiary/aromatic N) is 3. The number of aryl methyl sites for hydroxylation is 1. The first-order valence-corrected chi connectivity index (χ1v) is 10.1. The number of para-hydroxylation sites is 1. The molecule has 1 heterocycles. The quantitative estimate of drug-likeness (QED) is 0.588. The van der Waals surface area contributed by atoms with E-state index < -0.39 is 0 Å². The van der Waals surface area contributed by atoms with Gasteiger partial charge in [-0.25, -0.2) is 0 Å². The number of thioether (sulfide) groups is 1. The number of amides is 1. The van der Waals surface area contributed by atoms with E-state index in [1.54, 1.807) is 7.11 Å². The third-order valence-corrected chi connectivity index (χ3v) is 5.47. The summed E-state index contributed by atoms with van der Waals surface area (Å²) in [5, 5.41) is 12.2. The molecule has 7 heteroatoms. The molecule has 0 saturated carbocycles. The Kier molecular flexibility index (Phi) is 6.71. The molecule has 3 aromatic rings. The van der Waals surface area contributed by atoms with E-state index in [4.69, 9.17) is 4.74 Å². The van der Waals surface area contributed by atoms with Crippen molar-refractivity contribution in [2.24, 2.45) is 7.05 Å². The van der Waals surface area contributed by atoms with E-state index in [9.17, 15) is 4.79 Å². The van der Waals surface area contributed by atoms with E-state index in [1.165, 1.54) is 11.8 Å². The first-order valence-electron chi connectivity index (χ1n) is 9.12. The topological polar surface area (TPSA) is 69.0 Å². The molecule has 1 N–H and O–H groups in total. The van der Waals surface area contributed by atoms with E-state index in [0.717, 1.165) is 40.0 Å². The van der Waals surface area contributed by atoms with Crippen LogP contribution in [0.1, 0.15) is 23.9 Å². The molecule has 0 saturated heterocycles. The van der Waals surface area contributed by atoms with Gasteiger partial charge in [0.1, 0.15) is 11.6 Å². The second-order valence-electron chi connectivity index (χ2n) is 6.33. The van der Waals surface area contributed by atoms with Gasteiger partial charge in [0.2, 0.25) is 5.91 Å². The number of rotatable bonds is 8. The predicted molar refractivity (Wildman–Crippen MR) is 112 cm³/mol. The van der Waals surface area contributed by atoms with Gasteiger partial charge in [-0.05, 0) is 35.7 Å². The normalized spacial score (nSPS) is 10.7. The van der Waals surface area contributed by atoms with Crippen LogP contribution in [0, 0.1) is 0 Å². The number of aromatic nitrogens is 3. The average Bonchev–Trinajstić information content (AvgIpc) is 3.07. The molecule has 1 aromatic heterocycles. The van der Waals surface area contributed by atoms with Gasteiger partial charge in [0.05, 0.1) is 12.9 Å². The standard InChI is InChI=1S/C21H24N4O2S/c1-4-16-7-5-6-8-18(16)22-20(26)14-28-21-24-23-19(25(21)2)13-15-9-11-17(27-3)12-10-15/h5-12H,4,13-14H2,1-3H3,(H,22,26). The number of carbonyl (C=O) groups excluding carboxylic acids is 1. The fraction of sp³-hybridized carbons (Fsp3) is 0.286. The lowest BCUT2D eigenvalue weighted by Crippen LogP contribution is -2.15. The van der Waals surface area contributed by atoms with Crippen LogP contribution in [0.15, 0.2) is 53.7 Å². The summed E-state index contributed by atoms with van der Waals surface area (Å²) >= 11 is 1.38. The summed E-state index contributed by atoms with van der Waals surface area (Å²) in [5.41, 5.74) is 3.12. The van der Waals surface area contributed by atoms with Crippen molar-refractivity contribution in [2.45, 2.75) is 24.9 Å². The molecule has 0 aliphatic heterocycles. The molecule has 28 heavy (non-hydrogen) atoms. The van der Waals surface area contributed by atoms with Gasteiger partial charge in [-0.1, -0.05) is 49.0 Å². The van der Waals surface area contributed by atoms with Crippen LogP contribution >= 0.6 is 11.8 Å². The zero-order chi connectivity index (χ0) is 19.9. The second-order valence-corrected chi connectivity index (χ2v) is 7.27. The van der Waals surface area contributed by atoms with Gasteiger partial charge in [-0.2, -0.15) is 0 Å². The van der Waals surface area contributed by atoms with Crippen LogP contribution in [0.5, 0.6) is 5.75 Å². The minimum Gasteiger partial charge on any atom is -0.497 e. The molecule has 3 rings (SSSR count). The number of benzene rings is 2. The molecule has 0 unspecified atom stereocenters. The Morgan fingerprint density at radius 2 is 1.89 bits per heavy atom. The van der Waals surface area contributed by atoms with E-state index in [0.29, 0.717) is 6.42 Å². The van der Waals surface area contributed by atoms with Gasteiger partial charge < -0.3 is 14.6 Å². The summed E-state index contributed by atoms with van der Waals surface area (Å²) in [4.78, 5) is 12.3. The molecule has 0 spiro atoms. The highest BCUT2D eigenvalue weighted by atomic mass is 32.2. The molecule has 0 radical (unpaired) electrons. The van der Waals surface area contributed by atoms with Crippen molar-refractivity contribution in [3.63, 3.8) is 0 Å². The fourth-order valence-corrected chi connectivity index (χ4v) is 3.55. The van der Waals surface area contributed by atoms with Crippen molar-refractivity contribution in [1.29, 1.82) is 0 Å². The van der Waals surface area contributed by atoms with Gasteiger partial charge in [-0.15, -0.1) is 10.2 Å². The molecule has 1 amide bonds. The van der Waals surface area contributed by atoms with Crippen molar-refractivity contribution in [3.05, 3.63) is 65.5 Å². The summed E-state index contributed by atoms with van der Waals surface area (Å²) in [7, 11) is 3.57. The lowest BCUT2D eigenvalue weighted by atomic mass is 10.1. The Balaban J connectivity index is 1.58. The van der Waals surface area contributed by atoms with E-state index >= 15 is 0 Å². The van der Waals surface area contributed by atoms with Crippen molar-refractivity contribution >= 4 is 23.4 Å². The number of carbonyl (C=O) groups is 1. The van der Waals surface area contributed by atoms with Gasteiger partial charge in [0.25, 0.3) is 0 Å². The molecule has 0 fully saturated rings. The smallest absolute Gasteiger partial charge is 0.234 e. The Labute approximate surface area is 169 Å². The summed E-state index contributed by atoms with van der Waals surface area (Å²) in [6.45, 7) is 2.07. The number of hydrogen-bond donors (Lipinski definition) is 1. The SMILES string of the molecule is CCc1ccccc1NC(=O)CSc1nnc(Cc2ccc(OC)cc2)n1C. The minimum absolute atomic E-state index is 0.0504. The molecule has 0 aliphatic rings. The van der Waals surface area contributed by atoms with Crippen molar-refractivity contribution < 1.29 is 9.53 Å². The molecule has 146 valence electrons. The van der Waals surface area contributed by atoms with Gasteiger partial charge in [-0.3, -0.25) is 4.79 Å². The summed E-state index contributed by atoms with van der Waals surface area (Å²) in [6.07, 6.45) is 1.55. The van der Waals surface area contributed by atoms with Gasteiger partial charge in [0.15, 0.2) is 5.16 Å². The van der Waals surface area contributed by atoms with Crippen molar-refractivity contribution in [2.75, 3.05) is 18.2 Å². The number of nitrogens with one attached hydrogen (secondary N) is 1. The van der Waals surface area contributed by atoms with Gasteiger partial charge >= 0.3 is 0 Å². The highest BCUT2D eigenvalue weighted by Gasteiger charge is 2.13. The third-order valence-electron chi connectivity index (χ3n) is 4.45. The summed E-state index contributed by atoms with van der Waals surface area (Å²) in [5.74, 6) is 1.91. The molecule has 2 aromatic carbocycles. The van der Waals surface area contributed by atoms with Crippen LogP contribution in [0.3, 0.4) is 0 Å². The highest BCUT2D eigenvalue weighted by Crippen LogP contribution is 2.20. The molecule has 0 atom stereocenters. The number of anilines is 1. The molecule has 6 nitrogen and oxygen atoms in total. The van der Waals surface area contributed by atoms with E-state index in [1.807, 2.05) is 60.1 Å². The lowest BCUT2D eigenvalue weighted by Gasteiger charge is -2.09. The Morgan fingerprint density at radius 1 is 1.14 bits per heavy atom. The van der Waals surface area contributed by atoms with E-state index in [-0.39, 0.29) is 11.7 Å². The number of methoxy groups -OCH3 is 1. The monoisotopic (exact) mass is 396 g/mol. The first-order chi connectivity index (χ1) is 13.6. The predicted octanol–water partition coefficient (Wildman–Crippen LogP) is 3.71. The summed E-state index contributed by atoms with van der Waals surface area (Å²) < 4.78 is 7.12. The van der Waals surface area contributed by atoms with Crippen LogP contribution in [0.2, 0.25) is 0 Å². The second kappa shape index (κ2) is 9.41. The highest BCUT2D eigenvalue weighted by molar-refractivity contribution is 7.99. The van der Waals surface area contributed by atoms with Crippen LogP contribution in [0.4, 0.5) is 5.69 Å².